The van der Waals surface area contributed by atoms with E-state index in [9.17, 15) is 0 Å². The van der Waals surface area contributed by atoms with Crippen LogP contribution in [0.25, 0.3) is 5.69 Å². The van der Waals surface area contributed by atoms with E-state index in [4.69, 9.17) is 4.74 Å². The quantitative estimate of drug-likeness (QED) is 0.831. The maximum atomic E-state index is 5.16. The minimum Gasteiger partial charge on any atom is -0.497 e. The summed E-state index contributed by atoms with van der Waals surface area (Å²) in [6, 6.07) is 7.70. The normalized spacial score (nSPS) is 10.4. The number of methoxy groups -OCH3 is 1. The van der Waals surface area contributed by atoms with E-state index in [-0.39, 0.29) is 0 Å². The molecule has 84 valence electrons. The second-order valence-corrected chi connectivity index (χ2v) is 3.34. The van der Waals surface area contributed by atoms with Gasteiger partial charge in [0, 0.05) is 6.07 Å². The fourth-order valence-corrected chi connectivity index (χ4v) is 1.41. The van der Waals surface area contributed by atoms with Crippen LogP contribution >= 0.6 is 0 Å². The van der Waals surface area contributed by atoms with E-state index >= 15 is 0 Å². The van der Waals surface area contributed by atoms with Crippen LogP contribution in [-0.4, -0.2) is 28.9 Å². The highest BCUT2D eigenvalue weighted by Gasteiger charge is 2.02. The van der Waals surface area contributed by atoms with Crippen molar-refractivity contribution >= 4 is 0 Å². The van der Waals surface area contributed by atoms with Crippen molar-refractivity contribution in [3.8, 4) is 11.4 Å². The Morgan fingerprint density at radius 3 is 3.06 bits per heavy atom. The van der Waals surface area contributed by atoms with E-state index in [2.05, 4.69) is 15.4 Å². The third-order valence-corrected chi connectivity index (χ3v) is 2.19. The van der Waals surface area contributed by atoms with Gasteiger partial charge in [0.15, 0.2) is 5.82 Å². The summed E-state index contributed by atoms with van der Waals surface area (Å²) in [5.41, 5.74) is 0.939. The number of aromatic nitrogens is 3. The maximum Gasteiger partial charge on any atom is 0.164 e. The molecule has 5 nitrogen and oxygen atoms in total. The number of nitrogens with zero attached hydrogens (tertiary/aromatic N) is 3. The number of hydrogen-bond donors (Lipinski definition) is 1. The Balaban J connectivity index is 2.27. The Morgan fingerprint density at radius 1 is 1.44 bits per heavy atom. The van der Waals surface area contributed by atoms with E-state index in [0.717, 1.165) is 17.3 Å². The van der Waals surface area contributed by atoms with Crippen LogP contribution in [0, 0.1) is 0 Å². The Morgan fingerprint density at radius 2 is 2.31 bits per heavy atom. The van der Waals surface area contributed by atoms with Crippen molar-refractivity contribution in [2.45, 2.75) is 6.54 Å². The lowest BCUT2D eigenvalue weighted by Crippen LogP contribution is -2.07. The topological polar surface area (TPSA) is 52.0 Å². The molecule has 0 bridgehead atoms. The average molecular weight is 218 g/mol. The fraction of sp³-hybridized carbons (Fsp3) is 0.273. The van der Waals surface area contributed by atoms with E-state index in [0.29, 0.717) is 6.54 Å². The molecule has 0 aliphatic rings. The van der Waals surface area contributed by atoms with Gasteiger partial charge in [0.2, 0.25) is 0 Å². The molecule has 0 atom stereocenters. The summed E-state index contributed by atoms with van der Waals surface area (Å²) >= 11 is 0. The first-order chi connectivity index (χ1) is 7.83. The molecule has 2 rings (SSSR count). The zero-order chi connectivity index (χ0) is 11.4. The number of ether oxygens (including phenoxy) is 1. The van der Waals surface area contributed by atoms with Crippen LogP contribution in [0.4, 0.5) is 0 Å². The van der Waals surface area contributed by atoms with Crippen molar-refractivity contribution in [3.63, 3.8) is 0 Å². The van der Waals surface area contributed by atoms with Gasteiger partial charge in [-0.1, -0.05) is 6.07 Å². The molecule has 0 fully saturated rings. The van der Waals surface area contributed by atoms with Gasteiger partial charge in [-0.05, 0) is 19.2 Å². The summed E-state index contributed by atoms with van der Waals surface area (Å²) in [5, 5.41) is 7.34. The molecule has 5 heteroatoms. The van der Waals surface area contributed by atoms with Gasteiger partial charge in [0.05, 0.1) is 19.3 Å². The average Bonchev–Trinajstić information content (AvgIpc) is 2.78. The molecule has 1 aromatic heterocycles. The zero-order valence-electron chi connectivity index (χ0n) is 9.34. The molecular formula is C11H14N4O. The molecule has 0 spiro atoms. The van der Waals surface area contributed by atoms with Crippen molar-refractivity contribution in [3.05, 3.63) is 36.4 Å². The highest BCUT2D eigenvalue weighted by molar-refractivity contribution is 5.38. The molecule has 0 unspecified atom stereocenters. The molecule has 0 amide bonds. The van der Waals surface area contributed by atoms with Crippen LogP contribution in [0.15, 0.2) is 30.6 Å². The van der Waals surface area contributed by atoms with Crippen LogP contribution in [0.5, 0.6) is 5.75 Å². The summed E-state index contributed by atoms with van der Waals surface area (Å²) in [6.45, 7) is 0.664. The van der Waals surface area contributed by atoms with E-state index < -0.39 is 0 Å². The van der Waals surface area contributed by atoms with Crippen LogP contribution in [0.2, 0.25) is 0 Å². The zero-order valence-corrected chi connectivity index (χ0v) is 9.34. The molecule has 0 aliphatic carbocycles. The first-order valence-corrected chi connectivity index (χ1v) is 5.03. The molecule has 0 radical (unpaired) electrons. The summed E-state index contributed by atoms with van der Waals surface area (Å²) < 4.78 is 6.89. The van der Waals surface area contributed by atoms with Crippen molar-refractivity contribution in [1.82, 2.24) is 20.1 Å². The fourth-order valence-electron chi connectivity index (χ4n) is 1.41. The van der Waals surface area contributed by atoms with Crippen LogP contribution < -0.4 is 10.1 Å². The number of rotatable bonds is 4. The highest BCUT2D eigenvalue weighted by Crippen LogP contribution is 2.15. The summed E-state index contributed by atoms with van der Waals surface area (Å²) in [4.78, 5) is 4.19. The second-order valence-electron chi connectivity index (χ2n) is 3.34. The Kier molecular flexibility index (Phi) is 3.16. The largest absolute Gasteiger partial charge is 0.497 e. The van der Waals surface area contributed by atoms with E-state index in [1.807, 2.05) is 31.3 Å². The number of nitrogens with one attached hydrogen (secondary N) is 1. The third-order valence-electron chi connectivity index (χ3n) is 2.19. The van der Waals surface area contributed by atoms with Crippen LogP contribution in [0.1, 0.15) is 5.82 Å². The maximum absolute atomic E-state index is 5.16. The lowest BCUT2D eigenvalue weighted by molar-refractivity contribution is 0.414. The van der Waals surface area contributed by atoms with E-state index in [1.165, 1.54) is 0 Å². The first kappa shape index (κ1) is 10.6. The van der Waals surface area contributed by atoms with Gasteiger partial charge in [-0.15, -0.1) is 5.10 Å². The van der Waals surface area contributed by atoms with Gasteiger partial charge in [0.25, 0.3) is 0 Å². The van der Waals surface area contributed by atoms with Gasteiger partial charge in [-0.2, -0.15) is 0 Å². The molecule has 2 aromatic rings. The summed E-state index contributed by atoms with van der Waals surface area (Å²) in [6.07, 6.45) is 1.70. The lowest BCUT2D eigenvalue weighted by atomic mass is 10.3. The Bertz CT molecular complexity index is 467. The third kappa shape index (κ3) is 2.20. The number of benzene rings is 1. The molecule has 1 heterocycles. The number of hydrogen-bond acceptors (Lipinski definition) is 4. The van der Waals surface area contributed by atoms with Crippen molar-refractivity contribution in [2.24, 2.45) is 0 Å². The van der Waals surface area contributed by atoms with Crippen molar-refractivity contribution < 1.29 is 4.74 Å². The van der Waals surface area contributed by atoms with Gasteiger partial charge >= 0.3 is 0 Å². The molecule has 0 saturated carbocycles. The van der Waals surface area contributed by atoms with Crippen molar-refractivity contribution in [1.29, 1.82) is 0 Å². The predicted octanol–water partition coefficient (Wildman–Crippen LogP) is 0.995. The minimum atomic E-state index is 0.664. The van der Waals surface area contributed by atoms with Gasteiger partial charge < -0.3 is 10.1 Å². The SMILES string of the molecule is CNCc1ncn(-c2cccc(OC)c2)n1. The molecule has 1 aromatic carbocycles. The molecular weight excluding hydrogens is 204 g/mol. The predicted molar refractivity (Wildman–Crippen MR) is 60.7 cm³/mol. The highest BCUT2D eigenvalue weighted by atomic mass is 16.5. The summed E-state index contributed by atoms with van der Waals surface area (Å²) in [5.74, 6) is 1.58. The van der Waals surface area contributed by atoms with E-state index in [1.54, 1.807) is 18.1 Å². The van der Waals surface area contributed by atoms with Gasteiger partial charge in [0.1, 0.15) is 12.1 Å². The summed E-state index contributed by atoms with van der Waals surface area (Å²) in [7, 11) is 3.51. The first-order valence-electron chi connectivity index (χ1n) is 5.03. The Labute approximate surface area is 94.1 Å². The Hall–Kier alpha value is -1.88. The molecule has 16 heavy (non-hydrogen) atoms. The van der Waals surface area contributed by atoms with Crippen LogP contribution in [-0.2, 0) is 6.54 Å². The standard InChI is InChI=1S/C11H14N4O/c1-12-7-11-13-8-15(14-11)9-4-3-5-10(6-9)16-2/h3-6,8,12H,7H2,1-2H3. The molecule has 0 aliphatic heterocycles. The van der Waals surface area contributed by atoms with Crippen LogP contribution in [0.3, 0.4) is 0 Å². The van der Waals surface area contributed by atoms with Gasteiger partial charge in [-0.3, -0.25) is 0 Å². The molecule has 1 N–H and O–H groups in total. The lowest BCUT2D eigenvalue weighted by Gasteiger charge is -2.03. The molecule has 0 saturated heterocycles. The minimum absolute atomic E-state index is 0.664. The van der Waals surface area contributed by atoms with Crippen molar-refractivity contribution in [2.75, 3.05) is 14.2 Å². The second kappa shape index (κ2) is 4.76. The monoisotopic (exact) mass is 218 g/mol. The van der Waals surface area contributed by atoms with Gasteiger partial charge in [-0.25, -0.2) is 9.67 Å². The smallest absolute Gasteiger partial charge is 0.164 e.